The Balaban J connectivity index is 2.18. The van der Waals surface area contributed by atoms with E-state index < -0.39 is 0 Å². The van der Waals surface area contributed by atoms with E-state index in [0.717, 1.165) is 12.2 Å². The quantitative estimate of drug-likeness (QED) is 0.715. The van der Waals surface area contributed by atoms with Gasteiger partial charge in [-0.3, -0.25) is 4.79 Å². The molecular weight excluding hydrogens is 176 g/mol. The number of ether oxygens (including phenoxy) is 1. The number of ketones is 1. The number of carbonyl (C=O) groups is 1. The zero-order chi connectivity index (χ0) is 10.1. The van der Waals surface area contributed by atoms with E-state index in [1.165, 1.54) is 11.1 Å². The Hall–Kier alpha value is -1.31. The minimum Gasteiger partial charge on any atom is -0.489 e. The lowest BCUT2D eigenvalue weighted by molar-refractivity contribution is -0.118. The summed E-state index contributed by atoms with van der Waals surface area (Å²) in [5.74, 6) is 1.15. The first-order valence-electron chi connectivity index (χ1n) is 4.91. The van der Waals surface area contributed by atoms with Crippen molar-refractivity contribution in [3.63, 3.8) is 0 Å². The molecule has 0 fully saturated rings. The SMILES string of the molecule is CC(=O)CC1Cc2c(C)cccc2O1. The average molecular weight is 190 g/mol. The third-order valence-corrected chi connectivity index (χ3v) is 2.61. The van der Waals surface area contributed by atoms with Crippen LogP contribution < -0.4 is 4.74 Å². The Bertz CT molecular complexity index is 369. The molecule has 1 aromatic carbocycles. The molecule has 0 bridgehead atoms. The van der Waals surface area contributed by atoms with Crippen LogP contribution in [0.4, 0.5) is 0 Å². The normalized spacial score (nSPS) is 18.9. The predicted molar refractivity (Wildman–Crippen MR) is 54.6 cm³/mol. The molecule has 1 aromatic rings. The van der Waals surface area contributed by atoms with Crippen molar-refractivity contribution in [3.05, 3.63) is 29.3 Å². The lowest BCUT2D eigenvalue weighted by Gasteiger charge is -2.06. The molecule has 0 spiro atoms. The third-order valence-electron chi connectivity index (χ3n) is 2.61. The fraction of sp³-hybridized carbons (Fsp3) is 0.417. The fourth-order valence-electron chi connectivity index (χ4n) is 1.93. The van der Waals surface area contributed by atoms with E-state index in [9.17, 15) is 4.79 Å². The van der Waals surface area contributed by atoms with Crippen LogP contribution in [-0.2, 0) is 11.2 Å². The molecular formula is C12H14O2. The molecule has 0 aliphatic carbocycles. The topological polar surface area (TPSA) is 26.3 Å². The van der Waals surface area contributed by atoms with Crippen LogP contribution in [0.3, 0.4) is 0 Å². The first-order valence-corrected chi connectivity index (χ1v) is 4.91. The number of hydrogen-bond acceptors (Lipinski definition) is 2. The first-order chi connectivity index (χ1) is 6.66. The van der Waals surface area contributed by atoms with E-state index in [2.05, 4.69) is 13.0 Å². The molecule has 14 heavy (non-hydrogen) atoms. The molecule has 74 valence electrons. The van der Waals surface area contributed by atoms with Crippen LogP contribution >= 0.6 is 0 Å². The standard InChI is InChI=1S/C12H14O2/c1-8-4-3-5-12-11(8)7-10(14-12)6-9(2)13/h3-5,10H,6-7H2,1-2H3. The molecule has 2 nitrogen and oxygen atoms in total. The van der Waals surface area contributed by atoms with Crippen molar-refractivity contribution in [2.24, 2.45) is 0 Å². The molecule has 0 amide bonds. The highest BCUT2D eigenvalue weighted by atomic mass is 16.5. The molecule has 2 heteroatoms. The van der Waals surface area contributed by atoms with Crippen molar-refractivity contribution in [1.82, 2.24) is 0 Å². The Morgan fingerprint density at radius 1 is 1.57 bits per heavy atom. The number of rotatable bonds is 2. The van der Waals surface area contributed by atoms with E-state index in [1.807, 2.05) is 12.1 Å². The van der Waals surface area contributed by atoms with Crippen LogP contribution in [0.5, 0.6) is 5.75 Å². The summed E-state index contributed by atoms with van der Waals surface area (Å²) < 4.78 is 5.68. The molecule has 1 aliphatic heterocycles. The number of fused-ring (bicyclic) bond motifs is 1. The van der Waals surface area contributed by atoms with Gasteiger partial charge in [-0.05, 0) is 25.5 Å². The van der Waals surface area contributed by atoms with Crippen molar-refractivity contribution < 1.29 is 9.53 Å². The van der Waals surface area contributed by atoms with Gasteiger partial charge in [0, 0.05) is 18.4 Å². The summed E-state index contributed by atoms with van der Waals surface area (Å²) in [6.07, 6.45) is 1.46. The van der Waals surface area contributed by atoms with Gasteiger partial charge in [-0.15, -0.1) is 0 Å². The van der Waals surface area contributed by atoms with Crippen molar-refractivity contribution in [2.75, 3.05) is 0 Å². The van der Waals surface area contributed by atoms with E-state index >= 15 is 0 Å². The fourth-order valence-corrected chi connectivity index (χ4v) is 1.93. The van der Waals surface area contributed by atoms with Gasteiger partial charge >= 0.3 is 0 Å². The Morgan fingerprint density at radius 3 is 3.00 bits per heavy atom. The molecule has 1 heterocycles. The van der Waals surface area contributed by atoms with Crippen LogP contribution in [0.1, 0.15) is 24.5 Å². The molecule has 1 unspecified atom stereocenters. The monoisotopic (exact) mass is 190 g/mol. The lowest BCUT2D eigenvalue weighted by atomic mass is 10.0. The third kappa shape index (κ3) is 1.65. The number of carbonyl (C=O) groups excluding carboxylic acids is 1. The summed E-state index contributed by atoms with van der Waals surface area (Å²) in [7, 11) is 0. The van der Waals surface area contributed by atoms with Gasteiger partial charge in [0.25, 0.3) is 0 Å². The summed E-state index contributed by atoms with van der Waals surface area (Å²) in [4.78, 5) is 11.0. The summed E-state index contributed by atoms with van der Waals surface area (Å²) >= 11 is 0. The molecule has 1 aliphatic rings. The summed E-state index contributed by atoms with van der Waals surface area (Å²) in [6, 6.07) is 6.05. The van der Waals surface area contributed by atoms with Gasteiger partial charge in [0.2, 0.25) is 0 Å². The van der Waals surface area contributed by atoms with Gasteiger partial charge < -0.3 is 4.74 Å². The van der Waals surface area contributed by atoms with Crippen molar-refractivity contribution in [2.45, 2.75) is 32.8 Å². The van der Waals surface area contributed by atoms with Gasteiger partial charge in [0.05, 0.1) is 0 Å². The second-order valence-corrected chi connectivity index (χ2v) is 3.90. The molecule has 0 saturated carbocycles. The number of aryl methyl sites for hydroxylation is 1. The van der Waals surface area contributed by atoms with Crippen molar-refractivity contribution in [1.29, 1.82) is 0 Å². The Morgan fingerprint density at radius 2 is 2.36 bits per heavy atom. The van der Waals surface area contributed by atoms with Crippen LogP contribution in [0.2, 0.25) is 0 Å². The Labute approximate surface area is 83.9 Å². The molecule has 0 radical (unpaired) electrons. The van der Waals surface area contributed by atoms with Gasteiger partial charge in [-0.1, -0.05) is 12.1 Å². The largest absolute Gasteiger partial charge is 0.489 e. The average Bonchev–Trinajstić information content (AvgIpc) is 2.47. The smallest absolute Gasteiger partial charge is 0.133 e. The van der Waals surface area contributed by atoms with Gasteiger partial charge in [0.15, 0.2) is 0 Å². The van der Waals surface area contributed by atoms with Gasteiger partial charge in [0.1, 0.15) is 17.6 Å². The van der Waals surface area contributed by atoms with Crippen molar-refractivity contribution in [3.8, 4) is 5.75 Å². The summed E-state index contributed by atoms with van der Waals surface area (Å²) in [6.45, 7) is 3.69. The highest BCUT2D eigenvalue weighted by Gasteiger charge is 2.24. The van der Waals surface area contributed by atoms with Gasteiger partial charge in [-0.25, -0.2) is 0 Å². The highest BCUT2D eigenvalue weighted by Crippen LogP contribution is 2.32. The highest BCUT2D eigenvalue weighted by molar-refractivity contribution is 5.76. The second-order valence-electron chi connectivity index (χ2n) is 3.90. The van der Waals surface area contributed by atoms with Crippen LogP contribution in [-0.4, -0.2) is 11.9 Å². The molecule has 2 rings (SSSR count). The zero-order valence-corrected chi connectivity index (χ0v) is 8.54. The minimum atomic E-state index is 0.0589. The summed E-state index contributed by atoms with van der Waals surface area (Å²) in [5, 5.41) is 0. The van der Waals surface area contributed by atoms with E-state index in [4.69, 9.17) is 4.74 Å². The molecule has 0 aromatic heterocycles. The number of benzene rings is 1. The number of hydrogen-bond donors (Lipinski definition) is 0. The lowest BCUT2D eigenvalue weighted by Crippen LogP contribution is -2.16. The van der Waals surface area contributed by atoms with E-state index in [-0.39, 0.29) is 11.9 Å². The van der Waals surface area contributed by atoms with E-state index in [1.54, 1.807) is 6.92 Å². The predicted octanol–water partition coefficient (Wildman–Crippen LogP) is 2.28. The first kappa shape index (κ1) is 9.25. The van der Waals surface area contributed by atoms with Crippen LogP contribution in [0.25, 0.3) is 0 Å². The molecule has 1 atom stereocenters. The van der Waals surface area contributed by atoms with Gasteiger partial charge in [-0.2, -0.15) is 0 Å². The van der Waals surface area contributed by atoms with Crippen LogP contribution in [0.15, 0.2) is 18.2 Å². The molecule has 0 saturated heterocycles. The Kier molecular flexibility index (Phi) is 2.28. The maximum atomic E-state index is 11.0. The zero-order valence-electron chi connectivity index (χ0n) is 8.54. The summed E-state index contributed by atoms with van der Waals surface area (Å²) in [5.41, 5.74) is 2.52. The van der Waals surface area contributed by atoms with Crippen molar-refractivity contribution >= 4 is 5.78 Å². The maximum Gasteiger partial charge on any atom is 0.133 e. The molecule has 0 N–H and O–H groups in total. The van der Waals surface area contributed by atoms with E-state index in [0.29, 0.717) is 6.42 Å². The second kappa shape index (κ2) is 3.45. The maximum absolute atomic E-state index is 11.0. The minimum absolute atomic E-state index is 0.0589. The van der Waals surface area contributed by atoms with Crippen LogP contribution in [0, 0.1) is 6.92 Å². The number of Topliss-reactive ketones (excluding diaryl/α,β-unsaturated/α-hetero) is 1.